The summed E-state index contributed by atoms with van der Waals surface area (Å²) in [7, 11) is 1.58. The SMILES string of the molecule is CCC(/C=N\N1C(=O)N[C@@](C)(c2ccc(OC)cc2)C1=O)CC. The normalized spacial score (nSPS) is 21.3. The van der Waals surface area contributed by atoms with E-state index >= 15 is 0 Å². The van der Waals surface area contributed by atoms with Gasteiger partial charge in [-0.1, -0.05) is 26.0 Å². The van der Waals surface area contributed by atoms with Crippen LogP contribution in [0.25, 0.3) is 0 Å². The molecular weight excluding hydrogens is 294 g/mol. The van der Waals surface area contributed by atoms with Crippen LogP contribution in [0.2, 0.25) is 0 Å². The predicted octanol–water partition coefficient (Wildman–Crippen LogP) is 2.88. The molecule has 6 nitrogen and oxygen atoms in total. The number of hydrogen-bond donors (Lipinski definition) is 1. The van der Waals surface area contributed by atoms with Gasteiger partial charge in [0.15, 0.2) is 0 Å². The molecule has 3 amide bonds. The lowest BCUT2D eigenvalue weighted by Crippen LogP contribution is -2.40. The van der Waals surface area contributed by atoms with Gasteiger partial charge in [-0.05, 0) is 43.4 Å². The topological polar surface area (TPSA) is 71.0 Å². The first-order chi connectivity index (χ1) is 11.0. The summed E-state index contributed by atoms with van der Waals surface area (Å²) in [5.74, 6) is 0.566. The number of benzene rings is 1. The second kappa shape index (κ2) is 6.81. The third-order valence-corrected chi connectivity index (χ3v) is 4.28. The third kappa shape index (κ3) is 3.21. The summed E-state index contributed by atoms with van der Waals surface area (Å²) >= 11 is 0. The minimum atomic E-state index is -1.12. The highest BCUT2D eigenvalue weighted by molar-refractivity contribution is 6.07. The Labute approximate surface area is 136 Å². The number of nitrogens with zero attached hydrogens (tertiary/aromatic N) is 2. The summed E-state index contributed by atoms with van der Waals surface area (Å²) < 4.78 is 5.12. The molecule has 1 heterocycles. The molecule has 124 valence electrons. The van der Waals surface area contributed by atoms with E-state index in [0.29, 0.717) is 11.3 Å². The molecule has 0 spiro atoms. The zero-order valence-electron chi connectivity index (χ0n) is 14.0. The maximum Gasteiger partial charge on any atom is 0.346 e. The van der Waals surface area contributed by atoms with Crippen LogP contribution in [0.4, 0.5) is 4.79 Å². The smallest absolute Gasteiger partial charge is 0.346 e. The van der Waals surface area contributed by atoms with Crippen LogP contribution in [0, 0.1) is 5.92 Å². The van der Waals surface area contributed by atoms with Gasteiger partial charge in [0.2, 0.25) is 0 Å². The Hall–Kier alpha value is -2.37. The van der Waals surface area contributed by atoms with Gasteiger partial charge in [0, 0.05) is 6.21 Å². The molecule has 0 aliphatic carbocycles. The molecule has 0 aromatic heterocycles. The van der Waals surface area contributed by atoms with E-state index in [9.17, 15) is 9.59 Å². The van der Waals surface area contributed by atoms with Crippen molar-refractivity contribution in [1.82, 2.24) is 10.3 Å². The molecule has 6 heteroatoms. The summed E-state index contributed by atoms with van der Waals surface area (Å²) in [5.41, 5.74) is -0.425. The molecule has 0 radical (unpaired) electrons. The summed E-state index contributed by atoms with van der Waals surface area (Å²) in [6, 6.07) is 6.55. The highest BCUT2D eigenvalue weighted by atomic mass is 16.5. The summed E-state index contributed by atoms with van der Waals surface area (Å²) in [6.07, 6.45) is 3.51. The van der Waals surface area contributed by atoms with Crippen LogP contribution in [-0.2, 0) is 10.3 Å². The number of ether oxygens (including phenoxy) is 1. The number of imide groups is 1. The minimum Gasteiger partial charge on any atom is -0.497 e. The van der Waals surface area contributed by atoms with Crippen LogP contribution < -0.4 is 10.1 Å². The molecule has 1 aromatic carbocycles. The average molecular weight is 317 g/mol. The second-order valence-electron chi connectivity index (χ2n) is 5.74. The number of nitrogens with one attached hydrogen (secondary N) is 1. The number of amides is 3. The highest BCUT2D eigenvalue weighted by Gasteiger charge is 2.49. The van der Waals surface area contributed by atoms with Gasteiger partial charge in [0.1, 0.15) is 11.3 Å². The van der Waals surface area contributed by atoms with Crippen LogP contribution >= 0.6 is 0 Å². The van der Waals surface area contributed by atoms with Gasteiger partial charge in [-0.25, -0.2) is 4.79 Å². The van der Waals surface area contributed by atoms with Gasteiger partial charge in [0.05, 0.1) is 7.11 Å². The summed E-state index contributed by atoms with van der Waals surface area (Å²) in [6.45, 7) is 5.78. The van der Waals surface area contributed by atoms with E-state index in [-0.39, 0.29) is 11.8 Å². The van der Waals surface area contributed by atoms with Crippen molar-refractivity contribution in [2.45, 2.75) is 39.2 Å². The number of carbonyl (C=O) groups excluding carboxylic acids is 2. The van der Waals surface area contributed by atoms with Gasteiger partial charge < -0.3 is 10.1 Å². The maximum atomic E-state index is 12.7. The van der Waals surface area contributed by atoms with E-state index < -0.39 is 11.6 Å². The fourth-order valence-corrected chi connectivity index (χ4v) is 2.51. The fraction of sp³-hybridized carbons (Fsp3) is 0.471. The Morgan fingerprint density at radius 2 is 1.87 bits per heavy atom. The van der Waals surface area contributed by atoms with Crippen LogP contribution in [0.5, 0.6) is 5.75 Å². The zero-order chi connectivity index (χ0) is 17.0. The number of hydrazone groups is 1. The largest absolute Gasteiger partial charge is 0.497 e. The lowest BCUT2D eigenvalue weighted by Gasteiger charge is -2.21. The molecule has 1 aliphatic heterocycles. The lowest BCUT2D eigenvalue weighted by atomic mass is 9.92. The third-order valence-electron chi connectivity index (χ3n) is 4.28. The molecule has 1 N–H and O–H groups in total. The van der Waals surface area contributed by atoms with Crippen molar-refractivity contribution >= 4 is 18.2 Å². The lowest BCUT2D eigenvalue weighted by molar-refractivity contribution is -0.131. The van der Waals surface area contributed by atoms with Gasteiger partial charge in [0.25, 0.3) is 5.91 Å². The summed E-state index contributed by atoms with van der Waals surface area (Å²) in [5, 5.41) is 7.75. The molecule has 1 aromatic rings. The molecule has 1 atom stereocenters. The Bertz CT molecular complexity index is 608. The molecule has 2 rings (SSSR count). The van der Waals surface area contributed by atoms with Crippen molar-refractivity contribution in [1.29, 1.82) is 0 Å². The average Bonchev–Trinajstić information content (AvgIpc) is 2.79. The van der Waals surface area contributed by atoms with Crippen LogP contribution in [0.3, 0.4) is 0 Å². The molecular formula is C17H23N3O3. The first-order valence-corrected chi connectivity index (χ1v) is 7.81. The number of hydrogen-bond acceptors (Lipinski definition) is 4. The number of rotatable bonds is 6. The van der Waals surface area contributed by atoms with Crippen LogP contribution in [0.1, 0.15) is 39.2 Å². The fourth-order valence-electron chi connectivity index (χ4n) is 2.51. The van der Waals surface area contributed by atoms with Crippen LogP contribution in [0.15, 0.2) is 29.4 Å². The molecule has 23 heavy (non-hydrogen) atoms. The van der Waals surface area contributed by atoms with E-state index in [4.69, 9.17) is 4.74 Å². The minimum absolute atomic E-state index is 0.253. The first kappa shape index (κ1) is 17.0. The maximum absolute atomic E-state index is 12.7. The monoisotopic (exact) mass is 317 g/mol. The predicted molar refractivity (Wildman–Crippen MR) is 88.3 cm³/mol. The Morgan fingerprint density at radius 1 is 1.26 bits per heavy atom. The van der Waals surface area contributed by atoms with E-state index in [1.165, 1.54) is 0 Å². The Morgan fingerprint density at radius 3 is 2.39 bits per heavy atom. The van der Waals surface area contributed by atoms with Gasteiger partial charge >= 0.3 is 6.03 Å². The van der Waals surface area contributed by atoms with Crippen molar-refractivity contribution in [3.05, 3.63) is 29.8 Å². The molecule has 1 fully saturated rings. The van der Waals surface area contributed by atoms with Gasteiger partial charge in [-0.15, -0.1) is 5.01 Å². The van der Waals surface area contributed by atoms with E-state index in [2.05, 4.69) is 10.4 Å². The first-order valence-electron chi connectivity index (χ1n) is 7.81. The number of carbonyl (C=O) groups is 2. The van der Waals surface area contributed by atoms with E-state index in [0.717, 1.165) is 17.9 Å². The van der Waals surface area contributed by atoms with Gasteiger partial charge in [-0.3, -0.25) is 4.79 Å². The molecule has 1 aliphatic rings. The van der Waals surface area contributed by atoms with Crippen molar-refractivity contribution < 1.29 is 14.3 Å². The van der Waals surface area contributed by atoms with E-state index in [1.54, 1.807) is 44.5 Å². The molecule has 0 bridgehead atoms. The van der Waals surface area contributed by atoms with Crippen molar-refractivity contribution in [3.63, 3.8) is 0 Å². The number of methoxy groups -OCH3 is 1. The number of urea groups is 1. The van der Waals surface area contributed by atoms with Gasteiger partial charge in [-0.2, -0.15) is 5.10 Å². The second-order valence-corrected chi connectivity index (χ2v) is 5.74. The summed E-state index contributed by atoms with van der Waals surface area (Å²) in [4.78, 5) is 24.8. The Kier molecular flexibility index (Phi) is 5.03. The molecule has 0 unspecified atom stereocenters. The van der Waals surface area contributed by atoms with Crippen molar-refractivity contribution in [3.8, 4) is 5.75 Å². The van der Waals surface area contributed by atoms with Crippen LogP contribution in [-0.4, -0.2) is 30.3 Å². The molecule has 0 saturated carbocycles. The highest BCUT2D eigenvalue weighted by Crippen LogP contribution is 2.30. The Balaban J connectivity index is 2.25. The standard InChI is InChI=1S/C17H23N3O3/c1-5-12(6-2)11-18-20-15(21)17(3,19-16(20)22)13-7-9-14(23-4)10-8-13/h7-12H,5-6H2,1-4H3,(H,19,22)/b18-11-/t17-/m0/s1. The van der Waals surface area contributed by atoms with Crippen molar-refractivity contribution in [2.75, 3.05) is 7.11 Å². The zero-order valence-corrected chi connectivity index (χ0v) is 14.0. The van der Waals surface area contributed by atoms with Crippen molar-refractivity contribution in [2.24, 2.45) is 11.0 Å². The quantitative estimate of drug-likeness (QED) is 0.648. The van der Waals surface area contributed by atoms with E-state index in [1.807, 2.05) is 13.8 Å². The molecule has 1 saturated heterocycles.